The maximum atomic E-state index is 12.6. The van der Waals surface area contributed by atoms with E-state index >= 15 is 0 Å². The molecule has 33 heavy (non-hydrogen) atoms. The van der Waals surface area contributed by atoms with Gasteiger partial charge in [-0.15, -0.1) is 10.2 Å². The van der Waals surface area contributed by atoms with E-state index in [2.05, 4.69) is 33.0 Å². The van der Waals surface area contributed by atoms with Crippen LogP contribution in [-0.2, 0) is 17.8 Å². The number of nitrogens with one attached hydrogen (secondary N) is 2. The Balaban J connectivity index is 1.46. The molecule has 0 saturated heterocycles. The lowest BCUT2D eigenvalue weighted by Crippen LogP contribution is -2.20. The van der Waals surface area contributed by atoms with Crippen molar-refractivity contribution in [3.63, 3.8) is 0 Å². The highest BCUT2D eigenvalue weighted by Crippen LogP contribution is 2.25. The number of carbonyl (C=O) groups excluding carboxylic acids is 2. The van der Waals surface area contributed by atoms with Crippen LogP contribution in [0.1, 0.15) is 22.8 Å². The Bertz CT molecular complexity index is 1290. The van der Waals surface area contributed by atoms with Crippen LogP contribution in [0.15, 0.2) is 72.8 Å². The summed E-state index contributed by atoms with van der Waals surface area (Å²) in [5.41, 5.74) is 3.41. The molecule has 2 N–H and O–H groups in total. The second kappa shape index (κ2) is 10.1. The lowest BCUT2D eigenvalue weighted by atomic mass is 10.1. The lowest BCUT2D eigenvalue weighted by molar-refractivity contribution is -0.117. The second-order valence-electron chi connectivity index (χ2n) is 7.25. The minimum atomic E-state index is -0.314. The third kappa shape index (κ3) is 5.61. The molecule has 0 spiro atoms. The molecule has 0 saturated carbocycles. The van der Waals surface area contributed by atoms with Gasteiger partial charge >= 0.3 is 0 Å². The van der Waals surface area contributed by atoms with E-state index in [4.69, 9.17) is 11.6 Å². The van der Waals surface area contributed by atoms with Gasteiger partial charge in [0.15, 0.2) is 0 Å². The largest absolute Gasteiger partial charge is 0.324 e. The van der Waals surface area contributed by atoms with Crippen LogP contribution >= 0.6 is 11.6 Å². The van der Waals surface area contributed by atoms with Crippen molar-refractivity contribution in [1.29, 1.82) is 0 Å². The number of benzene rings is 3. The zero-order valence-electron chi connectivity index (χ0n) is 17.8. The van der Waals surface area contributed by atoms with Crippen molar-refractivity contribution < 1.29 is 9.59 Å². The first kappa shape index (κ1) is 22.2. The molecule has 166 valence electrons. The van der Waals surface area contributed by atoms with E-state index in [1.807, 2.05) is 24.3 Å². The number of para-hydroxylation sites is 1. The minimum Gasteiger partial charge on any atom is -0.324 e. The molecule has 0 bridgehead atoms. The number of aromatic nitrogens is 4. The van der Waals surface area contributed by atoms with Crippen LogP contribution in [0, 0.1) is 0 Å². The van der Waals surface area contributed by atoms with Gasteiger partial charge in [0.25, 0.3) is 5.91 Å². The molecule has 9 heteroatoms. The number of amides is 2. The quantitative estimate of drug-likeness (QED) is 0.424. The molecule has 0 aliphatic carbocycles. The molecule has 0 atom stereocenters. The van der Waals surface area contributed by atoms with Gasteiger partial charge in [-0.1, -0.05) is 48.9 Å². The van der Waals surface area contributed by atoms with Crippen molar-refractivity contribution in [2.75, 3.05) is 10.6 Å². The Hall–Kier alpha value is -4.04. The second-order valence-corrected chi connectivity index (χ2v) is 7.69. The molecule has 2 amide bonds. The van der Waals surface area contributed by atoms with E-state index in [9.17, 15) is 9.59 Å². The zero-order chi connectivity index (χ0) is 23.2. The van der Waals surface area contributed by atoms with Crippen molar-refractivity contribution in [2.45, 2.75) is 19.9 Å². The first-order valence-corrected chi connectivity index (χ1v) is 10.7. The number of hydrogen-bond donors (Lipinski definition) is 2. The fourth-order valence-corrected chi connectivity index (χ4v) is 3.37. The number of halogens is 1. The van der Waals surface area contributed by atoms with Crippen LogP contribution < -0.4 is 10.6 Å². The number of tetrazole rings is 1. The highest BCUT2D eigenvalue weighted by atomic mass is 35.5. The zero-order valence-corrected chi connectivity index (χ0v) is 18.6. The third-order valence-corrected chi connectivity index (χ3v) is 5.12. The van der Waals surface area contributed by atoms with Crippen molar-refractivity contribution >= 4 is 34.8 Å². The number of rotatable bonds is 7. The number of carbonyl (C=O) groups is 2. The first-order chi connectivity index (χ1) is 16.0. The van der Waals surface area contributed by atoms with Gasteiger partial charge in [0.05, 0.1) is 5.69 Å². The van der Waals surface area contributed by atoms with Crippen molar-refractivity contribution in [1.82, 2.24) is 20.2 Å². The number of aryl methyl sites for hydroxylation is 1. The molecule has 0 radical (unpaired) electrons. The molecule has 1 heterocycles. The molecular formula is C24H21ClN6O2. The van der Waals surface area contributed by atoms with Gasteiger partial charge in [-0.2, -0.15) is 4.80 Å². The molecule has 3 aromatic carbocycles. The van der Waals surface area contributed by atoms with E-state index in [0.29, 0.717) is 27.5 Å². The average Bonchev–Trinajstić information content (AvgIpc) is 3.28. The number of nitrogens with zero attached hydrogens (tertiary/aromatic N) is 4. The van der Waals surface area contributed by atoms with Gasteiger partial charge in [0.1, 0.15) is 6.54 Å². The topological polar surface area (TPSA) is 102 Å². The standard InChI is InChI=1S/C24H21ClN6O2/c1-2-16-10-12-19(13-11-16)26-22(32)15-31-29-23(28-30-31)20-8-3-4-9-21(20)27-24(33)17-6-5-7-18(25)14-17/h3-14H,2,15H2,1H3,(H,26,32)(H,27,33). The van der Waals surface area contributed by atoms with Crippen LogP contribution in [0.2, 0.25) is 5.02 Å². The van der Waals surface area contributed by atoms with E-state index in [1.54, 1.807) is 48.5 Å². The first-order valence-electron chi connectivity index (χ1n) is 10.3. The van der Waals surface area contributed by atoms with E-state index in [1.165, 1.54) is 10.4 Å². The van der Waals surface area contributed by atoms with Crippen molar-refractivity contribution in [2.24, 2.45) is 0 Å². The van der Waals surface area contributed by atoms with E-state index in [-0.39, 0.29) is 24.2 Å². The normalized spacial score (nSPS) is 10.6. The summed E-state index contributed by atoms with van der Waals surface area (Å²) < 4.78 is 0. The Morgan fingerprint density at radius 1 is 0.970 bits per heavy atom. The molecule has 1 aromatic heterocycles. The SMILES string of the molecule is CCc1ccc(NC(=O)Cn2nnc(-c3ccccc3NC(=O)c3cccc(Cl)c3)n2)cc1. The van der Waals surface area contributed by atoms with Gasteiger partial charge in [-0.3, -0.25) is 9.59 Å². The molecule has 0 aliphatic heterocycles. The lowest BCUT2D eigenvalue weighted by Gasteiger charge is -2.09. The summed E-state index contributed by atoms with van der Waals surface area (Å²) >= 11 is 5.98. The maximum absolute atomic E-state index is 12.6. The average molecular weight is 461 g/mol. The van der Waals surface area contributed by atoms with E-state index in [0.717, 1.165) is 6.42 Å². The summed E-state index contributed by atoms with van der Waals surface area (Å²) in [5.74, 6) is -0.298. The monoisotopic (exact) mass is 460 g/mol. The summed E-state index contributed by atoms with van der Waals surface area (Å²) in [6, 6.07) is 21.4. The summed E-state index contributed by atoms with van der Waals surface area (Å²) in [5, 5.41) is 18.5. The van der Waals surface area contributed by atoms with Gasteiger partial charge in [-0.05, 0) is 59.7 Å². The molecule has 8 nitrogen and oxygen atoms in total. The number of hydrogen-bond acceptors (Lipinski definition) is 5. The summed E-state index contributed by atoms with van der Waals surface area (Å²) in [6.45, 7) is 1.97. The summed E-state index contributed by atoms with van der Waals surface area (Å²) in [7, 11) is 0. The van der Waals surface area contributed by atoms with Crippen LogP contribution in [0.5, 0.6) is 0 Å². The number of anilines is 2. The molecule has 0 aliphatic rings. The molecule has 4 aromatic rings. The van der Waals surface area contributed by atoms with Crippen LogP contribution in [0.25, 0.3) is 11.4 Å². The fourth-order valence-electron chi connectivity index (χ4n) is 3.18. The predicted octanol–water partition coefficient (Wildman–Crippen LogP) is 4.45. The summed E-state index contributed by atoms with van der Waals surface area (Å²) in [6.07, 6.45) is 0.931. The molecular weight excluding hydrogens is 440 g/mol. The van der Waals surface area contributed by atoms with Crippen LogP contribution in [-0.4, -0.2) is 32.0 Å². The Kier molecular flexibility index (Phi) is 6.75. The highest BCUT2D eigenvalue weighted by molar-refractivity contribution is 6.31. The maximum Gasteiger partial charge on any atom is 0.255 e. The van der Waals surface area contributed by atoms with Gasteiger partial charge in [0, 0.05) is 21.8 Å². The predicted molar refractivity (Wildman–Crippen MR) is 127 cm³/mol. The molecule has 0 fully saturated rings. The molecule has 0 unspecified atom stereocenters. The third-order valence-electron chi connectivity index (χ3n) is 4.89. The van der Waals surface area contributed by atoms with Crippen LogP contribution in [0.3, 0.4) is 0 Å². The summed E-state index contributed by atoms with van der Waals surface area (Å²) in [4.78, 5) is 26.2. The van der Waals surface area contributed by atoms with Crippen LogP contribution in [0.4, 0.5) is 11.4 Å². The highest BCUT2D eigenvalue weighted by Gasteiger charge is 2.15. The smallest absolute Gasteiger partial charge is 0.255 e. The van der Waals surface area contributed by atoms with Gasteiger partial charge in [-0.25, -0.2) is 0 Å². The van der Waals surface area contributed by atoms with E-state index < -0.39 is 0 Å². The van der Waals surface area contributed by atoms with Gasteiger partial charge < -0.3 is 10.6 Å². The Morgan fingerprint density at radius 3 is 2.52 bits per heavy atom. The van der Waals surface area contributed by atoms with Crippen molar-refractivity contribution in [3.05, 3.63) is 88.9 Å². The van der Waals surface area contributed by atoms with Crippen molar-refractivity contribution in [3.8, 4) is 11.4 Å². The minimum absolute atomic E-state index is 0.0976. The fraction of sp³-hybridized carbons (Fsp3) is 0.125. The Morgan fingerprint density at radius 2 is 1.76 bits per heavy atom. The Labute approximate surface area is 195 Å². The van der Waals surface area contributed by atoms with Gasteiger partial charge in [0.2, 0.25) is 11.7 Å². The molecule has 4 rings (SSSR count).